The number of rotatable bonds is 5. The number of carboxylic acid groups (broad SMARTS) is 1. The molecule has 7 heteroatoms. The highest BCUT2D eigenvalue weighted by molar-refractivity contribution is 5.97. The lowest BCUT2D eigenvalue weighted by atomic mass is 9.84. The SMILES string of the molecule is CC(C)(C(=O)Nc1ncn(CC(=O)O)n1)c1ccccc1. The van der Waals surface area contributed by atoms with Gasteiger partial charge in [-0.1, -0.05) is 30.3 Å². The van der Waals surface area contributed by atoms with Crippen molar-refractivity contribution >= 4 is 17.8 Å². The molecule has 21 heavy (non-hydrogen) atoms. The van der Waals surface area contributed by atoms with Crippen molar-refractivity contribution in [3.8, 4) is 0 Å². The van der Waals surface area contributed by atoms with E-state index in [2.05, 4.69) is 15.4 Å². The molecule has 0 aliphatic carbocycles. The summed E-state index contributed by atoms with van der Waals surface area (Å²) >= 11 is 0. The van der Waals surface area contributed by atoms with Crippen LogP contribution in [0.2, 0.25) is 0 Å². The van der Waals surface area contributed by atoms with Crippen molar-refractivity contribution in [1.29, 1.82) is 0 Å². The molecule has 1 amide bonds. The van der Waals surface area contributed by atoms with Gasteiger partial charge in [-0.15, -0.1) is 5.10 Å². The Balaban J connectivity index is 2.10. The summed E-state index contributed by atoms with van der Waals surface area (Å²) in [5.74, 6) is -1.20. The van der Waals surface area contributed by atoms with Gasteiger partial charge in [0.2, 0.25) is 11.9 Å². The van der Waals surface area contributed by atoms with Crippen LogP contribution in [0.3, 0.4) is 0 Å². The monoisotopic (exact) mass is 288 g/mol. The van der Waals surface area contributed by atoms with Gasteiger partial charge in [0.25, 0.3) is 0 Å². The number of nitrogens with zero attached hydrogens (tertiary/aromatic N) is 3. The fourth-order valence-electron chi connectivity index (χ4n) is 1.81. The number of carbonyl (C=O) groups excluding carboxylic acids is 1. The molecule has 0 saturated carbocycles. The number of carbonyl (C=O) groups is 2. The number of nitrogens with one attached hydrogen (secondary N) is 1. The van der Waals surface area contributed by atoms with Crippen LogP contribution < -0.4 is 5.32 Å². The Bertz CT molecular complexity index is 649. The lowest BCUT2D eigenvalue weighted by molar-refractivity contribution is -0.137. The smallest absolute Gasteiger partial charge is 0.325 e. The highest BCUT2D eigenvalue weighted by Gasteiger charge is 2.30. The molecule has 110 valence electrons. The van der Waals surface area contributed by atoms with Crippen LogP contribution in [0.1, 0.15) is 19.4 Å². The standard InChI is InChI=1S/C14H16N4O3/c1-14(2,10-6-4-3-5-7-10)12(21)16-13-15-9-18(17-13)8-11(19)20/h3-7,9H,8H2,1-2H3,(H,19,20)(H,16,17,21). The number of hydrogen-bond acceptors (Lipinski definition) is 4. The Morgan fingerprint density at radius 3 is 2.57 bits per heavy atom. The average Bonchev–Trinajstić information content (AvgIpc) is 2.86. The van der Waals surface area contributed by atoms with E-state index in [4.69, 9.17) is 5.11 Å². The molecular formula is C14H16N4O3. The maximum Gasteiger partial charge on any atom is 0.325 e. The largest absolute Gasteiger partial charge is 0.480 e. The Morgan fingerprint density at radius 1 is 1.29 bits per heavy atom. The fraction of sp³-hybridized carbons (Fsp3) is 0.286. The normalized spacial score (nSPS) is 11.1. The molecule has 0 radical (unpaired) electrons. The molecule has 0 atom stereocenters. The zero-order chi connectivity index (χ0) is 15.5. The van der Waals surface area contributed by atoms with E-state index in [1.807, 2.05) is 30.3 Å². The molecule has 1 aromatic heterocycles. The van der Waals surface area contributed by atoms with Gasteiger partial charge >= 0.3 is 5.97 Å². The van der Waals surface area contributed by atoms with Gasteiger partial charge in [0.05, 0.1) is 5.41 Å². The van der Waals surface area contributed by atoms with Gasteiger partial charge in [0.1, 0.15) is 12.9 Å². The third kappa shape index (κ3) is 3.44. The molecular weight excluding hydrogens is 272 g/mol. The van der Waals surface area contributed by atoms with Gasteiger partial charge in [0, 0.05) is 0 Å². The summed E-state index contributed by atoms with van der Waals surface area (Å²) in [4.78, 5) is 26.8. The zero-order valence-corrected chi connectivity index (χ0v) is 11.8. The summed E-state index contributed by atoms with van der Waals surface area (Å²) in [6, 6.07) is 9.35. The van der Waals surface area contributed by atoms with Gasteiger partial charge in [-0.05, 0) is 19.4 Å². The molecule has 0 aliphatic heterocycles. The molecule has 0 unspecified atom stereocenters. The van der Waals surface area contributed by atoms with Crippen LogP contribution in [0, 0.1) is 0 Å². The number of benzene rings is 1. The van der Waals surface area contributed by atoms with Gasteiger partial charge in [0.15, 0.2) is 0 Å². The summed E-state index contributed by atoms with van der Waals surface area (Å²) in [5.41, 5.74) is 0.118. The van der Waals surface area contributed by atoms with E-state index in [0.717, 1.165) is 10.2 Å². The van der Waals surface area contributed by atoms with E-state index < -0.39 is 11.4 Å². The van der Waals surface area contributed by atoms with E-state index in [1.165, 1.54) is 6.33 Å². The van der Waals surface area contributed by atoms with Gasteiger partial charge in [-0.25, -0.2) is 9.67 Å². The van der Waals surface area contributed by atoms with Crippen LogP contribution in [0.25, 0.3) is 0 Å². The first-order chi connectivity index (χ1) is 9.89. The highest BCUT2D eigenvalue weighted by Crippen LogP contribution is 2.24. The fourth-order valence-corrected chi connectivity index (χ4v) is 1.81. The maximum absolute atomic E-state index is 12.3. The topological polar surface area (TPSA) is 97.1 Å². The van der Waals surface area contributed by atoms with Gasteiger partial charge < -0.3 is 5.11 Å². The molecule has 7 nitrogen and oxygen atoms in total. The Labute approximate surface area is 121 Å². The molecule has 2 aromatic rings. The summed E-state index contributed by atoms with van der Waals surface area (Å²) in [6.07, 6.45) is 1.26. The third-order valence-corrected chi connectivity index (χ3v) is 3.12. The van der Waals surface area contributed by atoms with Crippen molar-refractivity contribution in [3.05, 3.63) is 42.2 Å². The minimum Gasteiger partial charge on any atom is -0.480 e. The summed E-state index contributed by atoms with van der Waals surface area (Å²) in [7, 11) is 0. The number of aliphatic carboxylic acids is 1. The van der Waals surface area contributed by atoms with Crippen LogP contribution in [0.15, 0.2) is 36.7 Å². The average molecular weight is 288 g/mol. The van der Waals surface area contributed by atoms with Crippen molar-refractivity contribution in [3.63, 3.8) is 0 Å². The van der Waals surface area contributed by atoms with Crippen molar-refractivity contribution in [1.82, 2.24) is 14.8 Å². The number of carboxylic acids is 1. The van der Waals surface area contributed by atoms with Crippen molar-refractivity contribution < 1.29 is 14.7 Å². The van der Waals surface area contributed by atoms with Crippen LogP contribution in [-0.4, -0.2) is 31.7 Å². The predicted molar refractivity (Wildman–Crippen MR) is 75.8 cm³/mol. The second kappa shape index (κ2) is 5.74. The van der Waals surface area contributed by atoms with E-state index >= 15 is 0 Å². The minimum atomic E-state index is -1.03. The van der Waals surface area contributed by atoms with Crippen molar-refractivity contribution in [2.45, 2.75) is 25.8 Å². The molecule has 0 saturated heterocycles. The Hall–Kier alpha value is -2.70. The summed E-state index contributed by atoms with van der Waals surface area (Å²) < 4.78 is 1.15. The van der Waals surface area contributed by atoms with Crippen LogP contribution in [0.4, 0.5) is 5.95 Å². The molecule has 1 heterocycles. The quantitative estimate of drug-likeness (QED) is 0.863. The minimum absolute atomic E-state index is 0.0882. The first-order valence-corrected chi connectivity index (χ1v) is 6.38. The molecule has 1 aromatic carbocycles. The first kappa shape index (κ1) is 14.7. The van der Waals surface area contributed by atoms with E-state index in [0.29, 0.717) is 0 Å². The number of aromatic nitrogens is 3. The molecule has 0 bridgehead atoms. The molecule has 0 spiro atoms. The van der Waals surface area contributed by atoms with Crippen molar-refractivity contribution in [2.24, 2.45) is 0 Å². The second-order valence-corrected chi connectivity index (χ2v) is 5.10. The Morgan fingerprint density at radius 2 is 1.95 bits per heavy atom. The summed E-state index contributed by atoms with van der Waals surface area (Å²) in [6.45, 7) is 3.29. The third-order valence-electron chi connectivity index (χ3n) is 3.12. The molecule has 0 fully saturated rings. The van der Waals surface area contributed by atoms with Crippen LogP contribution in [0.5, 0.6) is 0 Å². The number of anilines is 1. The summed E-state index contributed by atoms with van der Waals surface area (Å²) in [5, 5.41) is 15.1. The van der Waals surface area contributed by atoms with Crippen molar-refractivity contribution in [2.75, 3.05) is 5.32 Å². The second-order valence-electron chi connectivity index (χ2n) is 5.10. The number of amides is 1. The Kier molecular flexibility index (Phi) is 4.02. The molecule has 0 aliphatic rings. The molecule has 2 rings (SSSR count). The number of hydrogen-bond donors (Lipinski definition) is 2. The highest BCUT2D eigenvalue weighted by atomic mass is 16.4. The van der Waals surface area contributed by atoms with E-state index in [9.17, 15) is 9.59 Å². The van der Waals surface area contributed by atoms with Crippen LogP contribution in [-0.2, 0) is 21.5 Å². The van der Waals surface area contributed by atoms with Crippen LogP contribution >= 0.6 is 0 Å². The lowest BCUT2D eigenvalue weighted by Crippen LogP contribution is -2.35. The molecule has 2 N–H and O–H groups in total. The lowest BCUT2D eigenvalue weighted by Gasteiger charge is -2.23. The first-order valence-electron chi connectivity index (χ1n) is 6.38. The maximum atomic E-state index is 12.3. The van der Waals surface area contributed by atoms with E-state index in [-0.39, 0.29) is 18.4 Å². The van der Waals surface area contributed by atoms with Gasteiger partial charge in [-0.2, -0.15) is 0 Å². The zero-order valence-electron chi connectivity index (χ0n) is 11.8. The predicted octanol–water partition coefficient (Wildman–Crippen LogP) is 1.28. The van der Waals surface area contributed by atoms with Gasteiger partial charge in [-0.3, -0.25) is 14.9 Å². The van der Waals surface area contributed by atoms with E-state index in [1.54, 1.807) is 13.8 Å².